The smallest absolute Gasteiger partial charge is 0.269 e. The Morgan fingerprint density at radius 2 is 2.05 bits per heavy atom. The van der Waals surface area contributed by atoms with Crippen LogP contribution in [0.1, 0.15) is 46.7 Å². The number of azo groups is 1. The Balaban J connectivity index is 1.37. The fourth-order valence-corrected chi connectivity index (χ4v) is 5.52. The number of hydrogen-bond donors (Lipinski definition) is 2. The molecular weight excluding hydrogens is 541 g/mol. The summed E-state index contributed by atoms with van der Waals surface area (Å²) < 4.78 is 16.0. The molecule has 13 heteroatoms. The summed E-state index contributed by atoms with van der Waals surface area (Å²) >= 11 is 0. The molecule has 3 atom stereocenters. The second-order valence-corrected chi connectivity index (χ2v) is 10.5. The Kier molecular flexibility index (Phi) is 8.20. The van der Waals surface area contributed by atoms with Crippen molar-refractivity contribution < 1.29 is 18.8 Å². The third-order valence-corrected chi connectivity index (χ3v) is 7.53. The van der Waals surface area contributed by atoms with Gasteiger partial charge in [0.2, 0.25) is 11.8 Å². The average molecular weight is 574 g/mol. The van der Waals surface area contributed by atoms with Crippen molar-refractivity contribution in [2.75, 3.05) is 20.1 Å². The number of alkyl halides is 1. The Bertz CT molecular complexity index is 1610. The van der Waals surface area contributed by atoms with Crippen LogP contribution in [0, 0.1) is 0 Å². The summed E-state index contributed by atoms with van der Waals surface area (Å²) in [5.74, 6) is -1.68. The second kappa shape index (κ2) is 12.0. The number of primary amides is 1. The van der Waals surface area contributed by atoms with Gasteiger partial charge in [0.15, 0.2) is 5.69 Å². The van der Waals surface area contributed by atoms with E-state index in [1.54, 1.807) is 30.6 Å². The van der Waals surface area contributed by atoms with Crippen molar-refractivity contribution in [3.8, 4) is 0 Å². The van der Waals surface area contributed by atoms with Crippen LogP contribution < -0.4 is 11.1 Å². The number of nitrogens with one attached hydrogen (secondary N) is 1. The van der Waals surface area contributed by atoms with E-state index < -0.39 is 29.9 Å². The quantitative estimate of drug-likeness (QED) is 0.396. The number of aromatic nitrogens is 3. The summed E-state index contributed by atoms with van der Waals surface area (Å²) in [6.07, 6.45) is 3.11. The monoisotopic (exact) mass is 573 g/mol. The van der Waals surface area contributed by atoms with Crippen molar-refractivity contribution in [3.05, 3.63) is 78.0 Å². The number of halogens is 1. The summed E-state index contributed by atoms with van der Waals surface area (Å²) in [6.45, 7) is 6.01. The number of hydrogen-bond acceptors (Lipinski definition) is 8. The van der Waals surface area contributed by atoms with Gasteiger partial charge in [0.25, 0.3) is 5.91 Å². The van der Waals surface area contributed by atoms with Gasteiger partial charge in [-0.15, -0.1) is 0 Å². The molecule has 3 unspecified atom stereocenters. The van der Waals surface area contributed by atoms with Gasteiger partial charge in [0.1, 0.15) is 18.8 Å². The Morgan fingerprint density at radius 3 is 2.81 bits per heavy atom. The number of nitrogens with zero attached hydrogens (tertiary/aromatic N) is 7. The highest BCUT2D eigenvalue weighted by Crippen LogP contribution is 2.28. The molecule has 1 saturated heterocycles. The van der Waals surface area contributed by atoms with Crippen LogP contribution in [0.15, 0.2) is 65.7 Å². The normalized spacial score (nSPS) is 21.1. The number of fused-ring (bicyclic) bond motifs is 2. The van der Waals surface area contributed by atoms with E-state index in [-0.39, 0.29) is 31.2 Å². The summed E-state index contributed by atoms with van der Waals surface area (Å²) in [7, 11) is 1.93. The third kappa shape index (κ3) is 5.81. The van der Waals surface area contributed by atoms with E-state index in [9.17, 15) is 18.8 Å². The molecule has 5 rings (SSSR count). The highest BCUT2D eigenvalue weighted by Gasteiger charge is 2.41. The molecule has 1 fully saturated rings. The molecular formula is C29H32FN9O3. The van der Waals surface area contributed by atoms with Gasteiger partial charge in [-0.1, -0.05) is 18.7 Å². The molecule has 0 spiro atoms. The molecule has 218 valence electrons. The van der Waals surface area contributed by atoms with Crippen molar-refractivity contribution in [1.82, 2.24) is 29.9 Å². The predicted molar refractivity (Wildman–Crippen MR) is 153 cm³/mol. The molecule has 2 aliphatic rings. The van der Waals surface area contributed by atoms with E-state index in [1.807, 2.05) is 31.0 Å². The first-order valence-electron chi connectivity index (χ1n) is 13.5. The van der Waals surface area contributed by atoms with Crippen LogP contribution in [0.5, 0.6) is 0 Å². The van der Waals surface area contributed by atoms with Crippen molar-refractivity contribution in [1.29, 1.82) is 0 Å². The molecule has 0 saturated carbocycles. The zero-order valence-electron chi connectivity index (χ0n) is 23.4. The number of carbonyl (C=O) groups excluding carboxylic acids is 3. The van der Waals surface area contributed by atoms with Crippen molar-refractivity contribution in [2.24, 2.45) is 16.0 Å². The van der Waals surface area contributed by atoms with Gasteiger partial charge in [-0.2, -0.15) is 15.3 Å². The van der Waals surface area contributed by atoms with E-state index in [0.29, 0.717) is 24.0 Å². The largest absolute Gasteiger partial charge is 0.364 e. The zero-order valence-corrected chi connectivity index (χ0v) is 23.4. The summed E-state index contributed by atoms with van der Waals surface area (Å²) in [6, 6.07) is 7.66. The average Bonchev–Trinajstić information content (AvgIpc) is 3.53. The molecule has 2 aromatic heterocycles. The minimum Gasteiger partial charge on any atom is -0.364 e. The number of rotatable bonds is 8. The molecule has 1 aromatic carbocycles. The molecule has 0 aliphatic carbocycles. The highest BCUT2D eigenvalue weighted by atomic mass is 19.1. The first kappa shape index (κ1) is 28.7. The van der Waals surface area contributed by atoms with Crippen molar-refractivity contribution in [3.63, 3.8) is 0 Å². The van der Waals surface area contributed by atoms with E-state index in [1.165, 1.54) is 15.8 Å². The van der Waals surface area contributed by atoms with E-state index in [4.69, 9.17) is 5.73 Å². The third-order valence-electron chi connectivity index (χ3n) is 7.53. The van der Waals surface area contributed by atoms with Gasteiger partial charge in [0, 0.05) is 37.3 Å². The van der Waals surface area contributed by atoms with Gasteiger partial charge >= 0.3 is 0 Å². The van der Waals surface area contributed by atoms with Crippen molar-refractivity contribution in [2.45, 2.75) is 44.7 Å². The van der Waals surface area contributed by atoms with Crippen LogP contribution >= 0.6 is 0 Å². The molecule has 0 bridgehead atoms. The van der Waals surface area contributed by atoms with Crippen LogP contribution in [0.3, 0.4) is 0 Å². The van der Waals surface area contributed by atoms with Crippen LogP contribution in [0.2, 0.25) is 0 Å². The van der Waals surface area contributed by atoms with E-state index in [2.05, 4.69) is 32.2 Å². The number of likely N-dealkylation sites (tertiary alicyclic amines) is 1. The first-order valence-corrected chi connectivity index (χ1v) is 13.5. The number of likely N-dealkylation sites (N-methyl/N-ethyl adjacent to an activating group) is 1. The van der Waals surface area contributed by atoms with Gasteiger partial charge in [0.05, 0.1) is 30.0 Å². The lowest BCUT2D eigenvalue weighted by atomic mass is 9.99. The highest BCUT2D eigenvalue weighted by molar-refractivity contribution is 6.05. The molecule has 0 radical (unpaired) electrons. The zero-order chi connectivity index (χ0) is 30.0. The van der Waals surface area contributed by atoms with Gasteiger partial charge < -0.3 is 16.0 Å². The van der Waals surface area contributed by atoms with Crippen molar-refractivity contribution >= 4 is 34.2 Å². The molecule has 4 heterocycles. The lowest BCUT2D eigenvalue weighted by Gasteiger charge is -2.33. The van der Waals surface area contributed by atoms with E-state index in [0.717, 1.165) is 22.4 Å². The number of carbonyl (C=O) groups is 3. The SMILES string of the molecule is C=CN=N/C=C(\C)c1ccc2c(c1)c(C(N)=O)nn2CC(=O)N1CC(F)CC1C(=O)NC1CN(C)Cc2ncccc21. The minimum atomic E-state index is -1.35. The predicted octanol–water partition coefficient (Wildman–Crippen LogP) is 2.73. The summed E-state index contributed by atoms with van der Waals surface area (Å²) in [5.41, 5.74) is 9.38. The fourth-order valence-electron chi connectivity index (χ4n) is 5.52. The molecule has 3 aromatic rings. The maximum Gasteiger partial charge on any atom is 0.269 e. The van der Waals surface area contributed by atoms with Crippen LogP contribution in [0.25, 0.3) is 16.5 Å². The van der Waals surface area contributed by atoms with Gasteiger partial charge in [-0.3, -0.25) is 28.9 Å². The maximum atomic E-state index is 14.7. The molecule has 2 aliphatic heterocycles. The number of allylic oxidation sites excluding steroid dienone is 1. The number of amides is 3. The molecule has 3 N–H and O–H groups in total. The summed E-state index contributed by atoms with van der Waals surface area (Å²) in [4.78, 5) is 46.9. The van der Waals surface area contributed by atoms with Crippen LogP contribution in [-0.2, 0) is 22.7 Å². The first-order chi connectivity index (χ1) is 20.2. The van der Waals surface area contributed by atoms with Gasteiger partial charge in [-0.25, -0.2) is 4.39 Å². The second-order valence-electron chi connectivity index (χ2n) is 10.5. The van der Waals surface area contributed by atoms with Crippen LogP contribution in [-0.4, -0.2) is 74.6 Å². The Labute approximate surface area is 241 Å². The number of nitrogens with two attached hydrogens (primary N) is 1. The van der Waals surface area contributed by atoms with E-state index >= 15 is 0 Å². The fraction of sp³-hybridized carbons (Fsp3) is 0.345. The lowest BCUT2D eigenvalue weighted by Crippen LogP contribution is -2.50. The number of pyridine rings is 1. The Hall–Kier alpha value is -4.78. The number of benzene rings is 1. The standard InChI is InChI=1S/C29H32FN9O3/c1-4-33-34-12-17(2)18-7-8-24-21(10-18)27(28(31)41)36-39(24)16-26(40)38-13-19(30)11-25(38)29(42)35-23-15-37(3)14-22-20(23)6-5-9-32-22/h4-10,12,19,23,25H,1,11,13-16H2,2-3H3,(H2,31,41)(H,35,42)/b17-12+,34-33?. The minimum absolute atomic E-state index is 0.00653. The van der Waals surface area contributed by atoms with Crippen LogP contribution in [0.4, 0.5) is 4.39 Å². The Morgan fingerprint density at radius 1 is 1.24 bits per heavy atom. The molecule has 12 nitrogen and oxygen atoms in total. The molecule has 42 heavy (non-hydrogen) atoms. The summed E-state index contributed by atoms with van der Waals surface area (Å²) in [5, 5.41) is 15.4. The maximum absolute atomic E-state index is 14.7. The topological polar surface area (TPSA) is 151 Å². The van der Waals surface area contributed by atoms with Gasteiger partial charge in [-0.05, 0) is 48.9 Å². The lowest BCUT2D eigenvalue weighted by molar-refractivity contribution is -0.139. The molecule has 3 amide bonds.